The first-order valence-electron chi connectivity index (χ1n) is 4.49. The fourth-order valence-corrected chi connectivity index (χ4v) is 1.23. The lowest BCUT2D eigenvalue weighted by Crippen LogP contribution is -2.42. The zero-order valence-corrected chi connectivity index (χ0v) is 8.77. The van der Waals surface area contributed by atoms with Crippen molar-refractivity contribution in [2.24, 2.45) is 0 Å². The van der Waals surface area contributed by atoms with Gasteiger partial charge in [-0.15, -0.1) is 0 Å². The normalized spacial score (nSPS) is 20.7. The van der Waals surface area contributed by atoms with Crippen molar-refractivity contribution in [3.63, 3.8) is 0 Å². The summed E-state index contributed by atoms with van der Waals surface area (Å²) in [5, 5.41) is 0. The van der Waals surface area contributed by atoms with Gasteiger partial charge in [0.1, 0.15) is 0 Å². The molecule has 68 valence electrons. The minimum atomic E-state index is 1.11. The first kappa shape index (κ1) is 11.3. The van der Waals surface area contributed by atoms with E-state index in [1.54, 1.807) is 0 Å². The highest BCUT2D eigenvalue weighted by molar-refractivity contribution is 7.77. The molecule has 0 aromatic heterocycles. The average Bonchev–Trinajstić information content (AvgIpc) is 2.10. The molecule has 1 rings (SSSR count). The summed E-state index contributed by atoms with van der Waals surface area (Å²) in [6, 6.07) is 0. The van der Waals surface area contributed by atoms with Crippen LogP contribution in [-0.4, -0.2) is 41.9 Å². The van der Waals surface area contributed by atoms with Crippen molar-refractivity contribution in [1.29, 1.82) is 0 Å². The molecule has 1 heterocycles. The molecule has 1 saturated heterocycles. The lowest BCUT2D eigenvalue weighted by molar-refractivity contribution is 0.206. The number of hydrogen-bond donors (Lipinski definition) is 1. The third-order valence-electron chi connectivity index (χ3n) is 1.80. The Bertz CT molecular complexity index is 80.2. The van der Waals surface area contributed by atoms with E-state index >= 15 is 0 Å². The predicted molar refractivity (Wildman–Crippen MR) is 54.0 cm³/mol. The summed E-state index contributed by atoms with van der Waals surface area (Å²) in [5.41, 5.74) is 0. The van der Waals surface area contributed by atoms with E-state index in [1.807, 2.05) is 13.8 Å². The van der Waals surface area contributed by atoms with E-state index in [-0.39, 0.29) is 0 Å². The van der Waals surface area contributed by atoms with Crippen LogP contribution in [0.25, 0.3) is 0 Å². The van der Waals surface area contributed by atoms with E-state index in [9.17, 15) is 0 Å². The van der Waals surface area contributed by atoms with Crippen LogP contribution >= 0.6 is 12.8 Å². The highest BCUT2D eigenvalue weighted by atomic mass is 32.1. The van der Waals surface area contributed by atoms with Crippen LogP contribution in [0.5, 0.6) is 0 Å². The SMILES string of the molecule is CC.CCN1CCN(S)CC1. The molecule has 0 unspecified atom stereocenters. The minimum Gasteiger partial charge on any atom is -0.301 e. The smallest absolute Gasteiger partial charge is 0.0215 e. The van der Waals surface area contributed by atoms with Gasteiger partial charge in [0.2, 0.25) is 0 Å². The first-order chi connectivity index (χ1) is 5.33. The summed E-state index contributed by atoms with van der Waals surface area (Å²) in [4.78, 5) is 2.44. The molecule has 0 aliphatic carbocycles. The molecule has 0 saturated carbocycles. The van der Waals surface area contributed by atoms with Gasteiger partial charge in [0, 0.05) is 26.2 Å². The predicted octanol–water partition coefficient (Wildman–Crippen LogP) is 1.49. The molecule has 0 radical (unpaired) electrons. The van der Waals surface area contributed by atoms with E-state index in [0.717, 1.165) is 13.1 Å². The lowest BCUT2D eigenvalue weighted by Gasteiger charge is -2.30. The zero-order chi connectivity index (χ0) is 8.69. The molecule has 11 heavy (non-hydrogen) atoms. The third-order valence-corrected chi connectivity index (χ3v) is 2.20. The number of hydrogen-bond acceptors (Lipinski definition) is 3. The summed E-state index contributed by atoms with van der Waals surface area (Å²) in [6.07, 6.45) is 0. The third kappa shape index (κ3) is 4.67. The van der Waals surface area contributed by atoms with Gasteiger partial charge in [0.15, 0.2) is 0 Å². The second-order valence-electron chi connectivity index (χ2n) is 2.39. The van der Waals surface area contributed by atoms with E-state index in [2.05, 4.69) is 28.9 Å². The maximum atomic E-state index is 4.25. The van der Waals surface area contributed by atoms with Crippen molar-refractivity contribution in [2.45, 2.75) is 20.8 Å². The summed E-state index contributed by atoms with van der Waals surface area (Å²) in [5.74, 6) is 0. The van der Waals surface area contributed by atoms with Crippen molar-refractivity contribution in [2.75, 3.05) is 32.7 Å². The summed E-state index contributed by atoms with van der Waals surface area (Å²) in [6.45, 7) is 12.0. The Morgan fingerprint density at radius 2 is 1.55 bits per heavy atom. The molecule has 0 N–H and O–H groups in total. The maximum absolute atomic E-state index is 4.25. The molecule has 0 bridgehead atoms. The van der Waals surface area contributed by atoms with Crippen LogP contribution in [0, 0.1) is 0 Å². The number of rotatable bonds is 1. The van der Waals surface area contributed by atoms with Crippen LogP contribution in [0.2, 0.25) is 0 Å². The van der Waals surface area contributed by atoms with Crippen molar-refractivity contribution in [3.05, 3.63) is 0 Å². The second-order valence-corrected chi connectivity index (χ2v) is 2.95. The van der Waals surface area contributed by atoms with Crippen LogP contribution < -0.4 is 0 Å². The molecule has 1 fully saturated rings. The number of likely N-dealkylation sites (N-methyl/N-ethyl adjacent to an activating group) is 1. The first-order valence-corrected chi connectivity index (χ1v) is 4.89. The lowest BCUT2D eigenvalue weighted by atomic mass is 10.4. The summed E-state index contributed by atoms with van der Waals surface area (Å²) >= 11 is 4.25. The molecule has 0 spiro atoms. The quantitative estimate of drug-likeness (QED) is 0.605. The molecule has 0 atom stereocenters. The van der Waals surface area contributed by atoms with Gasteiger partial charge in [-0.1, -0.05) is 33.6 Å². The van der Waals surface area contributed by atoms with Gasteiger partial charge in [-0.3, -0.25) is 4.31 Å². The summed E-state index contributed by atoms with van der Waals surface area (Å²) < 4.78 is 2.08. The van der Waals surface area contributed by atoms with E-state index in [1.165, 1.54) is 19.6 Å². The van der Waals surface area contributed by atoms with E-state index in [0.29, 0.717) is 0 Å². The highest BCUT2D eigenvalue weighted by Gasteiger charge is 2.11. The molecule has 0 aromatic rings. The topological polar surface area (TPSA) is 6.48 Å². The van der Waals surface area contributed by atoms with Gasteiger partial charge in [-0.05, 0) is 6.54 Å². The van der Waals surface area contributed by atoms with Gasteiger partial charge in [-0.2, -0.15) is 0 Å². The van der Waals surface area contributed by atoms with Crippen LogP contribution in [0.15, 0.2) is 0 Å². The van der Waals surface area contributed by atoms with Gasteiger partial charge in [-0.25, -0.2) is 0 Å². The van der Waals surface area contributed by atoms with Crippen LogP contribution in [0.3, 0.4) is 0 Å². The highest BCUT2D eigenvalue weighted by Crippen LogP contribution is 2.01. The van der Waals surface area contributed by atoms with Gasteiger partial charge in [0.05, 0.1) is 0 Å². The Labute approximate surface area is 76.1 Å². The fourth-order valence-electron chi connectivity index (χ4n) is 1.05. The number of nitrogens with zero attached hydrogens (tertiary/aromatic N) is 2. The van der Waals surface area contributed by atoms with E-state index in [4.69, 9.17) is 0 Å². The van der Waals surface area contributed by atoms with Crippen molar-refractivity contribution in [3.8, 4) is 0 Å². The van der Waals surface area contributed by atoms with Crippen molar-refractivity contribution < 1.29 is 0 Å². The Kier molecular flexibility index (Phi) is 7.12. The van der Waals surface area contributed by atoms with Crippen molar-refractivity contribution in [1.82, 2.24) is 9.21 Å². The standard InChI is InChI=1S/C6H14N2S.C2H6/c1-2-7-3-5-8(9)6-4-7;1-2/h9H,2-6H2,1H3;1-2H3. The molecule has 0 aromatic carbocycles. The molecule has 2 nitrogen and oxygen atoms in total. The van der Waals surface area contributed by atoms with Crippen LogP contribution in [0.1, 0.15) is 20.8 Å². The fraction of sp³-hybridized carbons (Fsp3) is 1.00. The molecule has 3 heteroatoms. The minimum absolute atomic E-state index is 1.11. The Balaban J connectivity index is 0.000000461. The second kappa shape index (κ2) is 6.95. The Morgan fingerprint density at radius 1 is 1.09 bits per heavy atom. The maximum Gasteiger partial charge on any atom is 0.0215 e. The Morgan fingerprint density at radius 3 is 1.91 bits per heavy atom. The van der Waals surface area contributed by atoms with Crippen molar-refractivity contribution >= 4 is 12.8 Å². The molecule has 1 aliphatic heterocycles. The number of thiol groups is 1. The van der Waals surface area contributed by atoms with E-state index < -0.39 is 0 Å². The average molecular weight is 176 g/mol. The van der Waals surface area contributed by atoms with Gasteiger partial charge < -0.3 is 4.90 Å². The molecular formula is C8H20N2S. The van der Waals surface area contributed by atoms with Gasteiger partial charge in [0.25, 0.3) is 0 Å². The Hall–Kier alpha value is 0.270. The van der Waals surface area contributed by atoms with Crippen LogP contribution in [0.4, 0.5) is 0 Å². The molecular weight excluding hydrogens is 156 g/mol. The summed E-state index contributed by atoms with van der Waals surface area (Å²) in [7, 11) is 0. The van der Waals surface area contributed by atoms with Crippen LogP contribution in [-0.2, 0) is 0 Å². The number of piperazine rings is 1. The largest absolute Gasteiger partial charge is 0.301 e. The molecule has 0 amide bonds. The monoisotopic (exact) mass is 176 g/mol. The van der Waals surface area contributed by atoms with Gasteiger partial charge >= 0.3 is 0 Å². The zero-order valence-electron chi connectivity index (χ0n) is 7.88. The molecule has 1 aliphatic rings.